The summed E-state index contributed by atoms with van der Waals surface area (Å²) < 4.78 is 1.82. The van der Waals surface area contributed by atoms with E-state index in [1.165, 1.54) is 0 Å². The first-order valence-electron chi connectivity index (χ1n) is 11.6. The smallest absolute Gasteiger partial charge is 0.253 e. The number of hydrogen-bond donors (Lipinski definition) is 3. The maximum absolute atomic E-state index is 12.6. The van der Waals surface area contributed by atoms with Crippen molar-refractivity contribution < 1.29 is 4.79 Å². The number of nitrogens with one attached hydrogen (secondary N) is 2. The minimum absolute atomic E-state index is 0.113. The third-order valence-corrected chi connectivity index (χ3v) is 6.67. The molecular formula is C24H31N7O. The maximum Gasteiger partial charge on any atom is 0.253 e. The van der Waals surface area contributed by atoms with E-state index >= 15 is 0 Å². The van der Waals surface area contributed by atoms with Crippen LogP contribution in [0, 0.1) is 6.92 Å². The molecule has 3 heterocycles. The molecule has 1 saturated carbocycles. The highest BCUT2D eigenvalue weighted by atomic mass is 16.2. The van der Waals surface area contributed by atoms with Gasteiger partial charge in [0.2, 0.25) is 0 Å². The molecule has 1 aliphatic carbocycles. The van der Waals surface area contributed by atoms with Gasteiger partial charge in [0.25, 0.3) is 5.91 Å². The number of anilines is 3. The lowest BCUT2D eigenvalue weighted by atomic mass is 9.92. The van der Waals surface area contributed by atoms with Crippen LogP contribution in [-0.2, 0) is 0 Å². The number of benzene rings is 1. The molecule has 1 aromatic carbocycles. The Kier molecular flexibility index (Phi) is 5.70. The molecule has 1 amide bonds. The Morgan fingerprint density at radius 1 is 1.06 bits per heavy atom. The van der Waals surface area contributed by atoms with Gasteiger partial charge in [0, 0.05) is 48.1 Å². The van der Waals surface area contributed by atoms with Crippen LogP contribution in [-0.4, -0.2) is 50.6 Å². The van der Waals surface area contributed by atoms with Gasteiger partial charge in [-0.3, -0.25) is 4.79 Å². The number of nitrogens with two attached hydrogens (primary N) is 1. The lowest BCUT2D eigenvalue weighted by Gasteiger charge is -2.28. The van der Waals surface area contributed by atoms with Crippen molar-refractivity contribution in [2.75, 3.05) is 23.7 Å². The summed E-state index contributed by atoms with van der Waals surface area (Å²) in [5.74, 6) is 1.86. The molecule has 2 aromatic heterocycles. The van der Waals surface area contributed by atoms with Gasteiger partial charge in [-0.2, -0.15) is 9.61 Å². The summed E-state index contributed by atoms with van der Waals surface area (Å²) in [7, 11) is 0. The minimum atomic E-state index is 0.113. The van der Waals surface area contributed by atoms with E-state index in [1.807, 2.05) is 39.7 Å². The van der Waals surface area contributed by atoms with Crippen LogP contribution >= 0.6 is 0 Å². The third-order valence-electron chi connectivity index (χ3n) is 6.67. The van der Waals surface area contributed by atoms with E-state index in [0.717, 1.165) is 85.7 Å². The van der Waals surface area contributed by atoms with Gasteiger partial charge in [0.1, 0.15) is 11.6 Å². The van der Waals surface area contributed by atoms with E-state index in [2.05, 4.69) is 22.7 Å². The second-order valence-electron chi connectivity index (χ2n) is 8.99. The summed E-state index contributed by atoms with van der Waals surface area (Å²) in [6.07, 6.45) is 8.14. The van der Waals surface area contributed by atoms with E-state index in [-0.39, 0.29) is 5.91 Å². The zero-order chi connectivity index (χ0) is 22.1. The largest absolute Gasteiger partial charge is 0.367 e. The molecule has 0 bridgehead atoms. The van der Waals surface area contributed by atoms with Gasteiger partial charge in [-0.15, -0.1) is 0 Å². The van der Waals surface area contributed by atoms with Crippen molar-refractivity contribution in [3.63, 3.8) is 0 Å². The normalized spacial score (nSPS) is 21.1. The summed E-state index contributed by atoms with van der Waals surface area (Å²) in [6, 6.07) is 10.3. The molecule has 0 atom stereocenters. The number of rotatable bonds is 5. The number of carbonyl (C=O) groups excluding carboxylic acids is 1. The topological polar surface area (TPSA) is 101 Å². The molecule has 2 aliphatic rings. The van der Waals surface area contributed by atoms with Crippen molar-refractivity contribution in [3.05, 3.63) is 47.7 Å². The quantitative estimate of drug-likeness (QED) is 0.567. The van der Waals surface area contributed by atoms with Crippen molar-refractivity contribution in [1.82, 2.24) is 19.5 Å². The zero-order valence-electron chi connectivity index (χ0n) is 18.6. The van der Waals surface area contributed by atoms with Crippen LogP contribution in [0.5, 0.6) is 0 Å². The zero-order valence-corrected chi connectivity index (χ0v) is 18.6. The van der Waals surface area contributed by atoms with Gasteiger partial charge in [-0.1, -0.05) is 0 Å². The van der Waals surface area contributed by atoms with Crippen LogP contribution < -0.4 is 16.4 Å². The lowest BCUT2D eigenvalue weighted by Crippen LogP contribution is -2.33. The number of carbonyl (C=O) groups is 1. The molecule has 1 saturated heterocycles. The lowest BCUT2D eigenvalue weighted by molar-refractivity contribution is 0.0793. The second-order valence-corrected chi connectivity index (χ2v) is 8.99. The average Bonchev–Trinajstić information content (AvgIpc) is 3.50. The Morgan fingerprint density at radius 3 is 2.50 bits per heavy atom. The fourth-order valence-corrected chi connectivity index (χ4v) is 4.70. The number of nitrogens with zero attached hydrogens (tertiary/aromatic N) is 4. The Morgan fingerprint density at radius 2 is 1.78 bits per heavy atom. The summed E-state index contributed by atoms with van der Waals surface area (Å²) >= 11 is 0. The van der Waals surface area contributed by atoms with Crippen LogP contribution in [0.2, 0.25) is 0 Å². The molecule has 3 aromatic rings. The Hall–Kier alpha value is -3.13. The molecule has 0 unspecified atom stereocenters. The van der Waals surface area contributed by atoms with E-state index < -0.39 is 0 Å². The molecule has 8 nitrogen and oxygen atoms in total. The summed E-state index contributed by atoms with van der Waals surface area (Å²) in [5, 5.41) is 11.6. The van der Waals surface area contributed by atoms with E-state index in [9.17, 15) is 4.79 Å². The van der Waals surface area contributed by atoms with Crippen molar-refractivity contribution in [2.24, 2.45) is 5.73 Å². The number of fused-ring (bicyclic) bond motifs is 1. The first-order valence-corrected chi connectivity index (χ1v) is 11.6. The predicted octanol–water partition coefficient (Wildman–Crippen LogP) is 3.70. The highest BCUT2D eigenvalue weighted by Crippen LogP contribution is 2.29. The first kappa shape index (κ1) is 20.8. The molecule has 32 heavy (non-hydrogen) atoms. The highest BCUT2D eigenvalue weighted by molar-refractivity contribution is 5.94. The number of aromatic nitrogens is 3. The van der Waals surface area contributed by atoms with Gasteiger partial charge in [0.05, 0.1) is 6.20 Å². The van der Waals surface area contributed by atoms with Gasteiger partial charge in [-0.05, 0) is 69.7 Å². The Labute approximate surface area is 188 Å². The summed E-state index contributed by atoms with van der Waals surface area (Å²) in [4.78, 5) is 19.4. The maximum atomic E-state index is 12.6. The average molecular weight is 434 g/mol. The third kappa shape index (κ3) is 4.14. The van der Waals surface area contributed by atoms with Crippen LogP contribution in [0.4, 0.5) is 17.3 Å². The van der Waals surface area contributed by atoms with Crippen LogP contribution in [0.15, 0.2) is 36.5 Å². The summed E-state index contributed by atoms with van der Waals surface area (Å²) in [6.45, 7) is 3.77. The molecule has 8 heteroatoms. The van der Waals surface area contributed by atoms with Crippen LogP contribution in [0.1, 0.15) is 54.4 Å². The number of amides is 1. The van der Waals surface area contributed by atoms with Crippen LogP contribution in [0.3, 0.4) is 0 Å². The molecule has 4 N–H and O–H groups in total. The second kappa shape index (κ2) is 8.78. The van der Waals surface area contributed by atoms with Crippen molar-refractivity contribution in [3.8, 4) is 0 Å². The van der Waals surface area contributed by atoms with E-state index in [4.69, 9.17) is 10.7 Å². The van der Waals surface area contributed by atoms with Gasteiger partial charge in [-0.25, -0.2) is 4.98 Å². The van der Waals surface area contributed by atoms with Gasteiger partial charge < -0.3 is 21.3 Å². The van der Waals surface area contributed by atoms with E-state index in [1.54, 1.807) is 6.20 Å². The SMILES string of the molecule is Cc1c(NC2CCC(N)CC2)nc2ccnn2c1Nc1ccc(C(=O)N2CCCC2)cc1. The standard InChI is InChI=1S/C24H31N7O/c1-16-22(27-19-10-6-18(25)7-11-19)29-21-12-13-26-31(21)23(16)28-20-8-4-17(5-9-20)24(32)30-14-2-3-15-30/h4-5,8-9,12-13,18-19,28H,2-3,6-7,10-11,14-15,25H2,1H3,(H,27,29). The van der Waals surface area contributed by atoms with E-state index in [0.29, 0.717) is 12.1 Å². The van der Waals surface area contributed by atoms with Gasteiger partial charge in [0.15, 0.2) is 5.65 Å². The monoisotopic (exact) mass is 433 g/mol. The molecular weight excluding hydrogens is 402 g/mol. The van der Waals surface area contributed by atoms with Crippen molar-refractivity contribution in [1.29, 1.82) is 0 Å². The fourth-order valence-electron chi connectivity index (χ4n) is 4.70. The molecule has 2 fully saturated rings. The van der Waals surface area contributed by atoms with Crippen molar-refractivity contribution >= 4 is 28.9 Å². The number of likely N-dealkylation sites (tertiary alicyclic amines) is 1. The predicted molar refractivity (Wildman–Crippen MR) is 126 cm³/mol. The summed E-state index contributed by atoms with van der Waals surface area (Å²) in [5.41, 5.74) is 9.49. The molecule has 168 valence electrons. The molecule has 1 aliphatic heterocycles. The van der Waals surface area contributed by atoms with Gasteiger partial charge >= 0.3 is 0 Å². The Balaban J connectivity index is 1.38. The first-order chi connectivity index (χ1) is 15.6. The Bertz CT molecular complexity index is 1090. The minimum Gasteiger partial charge on any atom is -0.367 e. The molecule has 0 spiro atoms. The number of hydrogen-bond acceptors (Lipinski definition) is 6. The fraction of sp³-hybridized carbons (Fsp3) is 0.458. The van der Waals surface area contributed by atoms with Crippen molar-refractivity contribution in [2.45, 2.75) is 57.5 Å². The van der Waals surface area contributed by atoms with Crippen LogP contribution in [0.25, 0.3) is 5.65 Å². The molecule has 5 rings (SSSR count). The highest BCUT2D eigenvalue weighted by Gasteiger charge is 2.22. The molecule has 0 radical (unpaired) electrons.